The van der Waals surface area contributed by atoms with Crippen molar-refractivity contribution < 1.29 is 18.4 Å². The molecule has 0 saturated heterocycles. The Hall–Kier alpha value is -1.26. The molecular formula is C11H14ClNO3. The number of benzene rings is 1. The highest BCUT2D eigenvalue weighted by Gasteiger charge is 2.18. The maximum atomic E-state index is 12.0. The van der Waals surface area contributed by atoms with Crippen LogP contribution in [0.3, 0.4) is 0 Å². The summed E-state index contributed by atoms with van der Waals surface area (Å²) < 4.78 is 31.5. The van der Waals surface area contributed by atoms with E-state index in [0.29, 0.717) is 17.1 Å². The van der Waals surface area contributed by atoms with Crippen molar-refractivity contribution in [1.82, 2.24) is 5.32 Å². The molecule has 1 heterocycles. The van der Waals surface area contributed by atoms with E-state index < -0.39 is 13.0 Å². The third-order valence-electron chi connectivity index (χ3n) is 2.27. The average Bonchev–Trinajstić information content (AvgIpc) is 2.72. The molecule has 1 unspecified atom stereocenters. The Morgan fingerprint density at radius 2 is 2.25 bits per heavy atom. The molecule has 2 rings (SSSR count). The van der Waals surface area contributed by atoms with E-state index in [1.165, 1.54) is 6.92 Å². The zero-order valence-electron chi connectivity index (χ0n) is 11.6. The first kappa shape index (κ1) is 8.84. The molecule has 1 aromatic carbocycles. The van der Waals surface area contributed by atoms with Gasteiger partial charge in [0.15, 0.2) is 17.3 Å². The second-order valence-corrected chi connectivity index (χ2v) is 3.30. The molecule has 0 aromatic heterocycles. The van der Waals surface area contributed by atoms with Crippen LogP contribution in [0.25, 0.3) is 0 Å². The Morgan fingerprint density at radius 1 is 1.50 bits per heavy atom. The fourth-order valence-electron chi connectivity index (χ4n) is 1.37. The van der Waals surface area contributed by atoms with Gasteiger partial charge in [-0.2, -0.15) is 0 Å². The lowest BCUT2D eigenvalue weighted by atomic mass is 10.1. The number of Topliss-reactive ketones (excluding diaryl/α,β-unsaturated/α-hetero) is 1. The van der Waals surface area contributed by atoms with Gasteiger partial charge < -0.3 is 14.8 Å². The molecule has 0 fully saturated rings. The number of carbonyl (C=O) groups excluding carboxylic acids is 1. The quantitative estimate of drug-likeness (QED) is 0.652. The Bertz CT molecular complexity index is 479. The number of ether oxygens (including phenoxy) is 2. The Labute approximate surface area is 105 Å². The largest absolute Gasteiger partial charge is 0.454 e. The summed E-state index contributed by atoms with van der Waals surface area (Å²) in [6.45, 7) is -0.694. The third kappa shape index (κ3) is 2.28. The van der Waals surface area contributed by atoms with Crippen molar-refractivity contribution in [2.24, 2.45) is 0 Å². The molecule has 0 bridgehead atoms. The number of halogens is 1. The van der Waals surface area contributed by atoms with Crippen LogP contribution >= 0.6 is 12.4 Å². The van der Waals surface area contributed by atoms with Gasteiger partial charge >= 0.3 is 0 Å². The van der Waals surface area contributed by atoms with Crippen LogP contribution in [0.2, 0.25) is 0 Å². The molecule has 1 aliphatic rings. The van der Waals surface area contributed by atoms with Crippen LogP contribution in [-0.2, 0) is 0 Å². The van der Waals surface area contributed by atoms with E-state index in [2.05, 4.69) is 5.32 Å². The zero-order valence-corrected chi connectivity index (χ0v) is 9.47. The molecule has 0 aliphatic carbocycles. The Balaban J connectivity index is 0.00000180. The first-order valence-electron chi connectivity index (χ1n) is 6.08. The topological polar surface area (TPSA) is 47.6 Å². The van der Waals surface area contributed by atoms with Crippen molar-refractivity contribution in [1.29, 1.82) is 0 Å². The van der Waals surface area contributed by atoms with E-state index in [-0.39, 0.29) is 25.0 Å². The van der Waals surface area contributed by atoms with Crippen molar-refractivity contribution in [2.45, 2.75) is 13.0 Å². The van der Waals surface area contributed by atoms with Crippen LogP contribution in [0, 0.1) is 0 Å². The van der Waals surface area contributed by atoms with Gasteiger partial charge in [0, 0.05) is 9.68 Å². The fourth-order valence-corrected chi connectivity index (χ4v) is 1.37. The minimum absolute atomic E-state index is 0. The van der Waals surface area contributed by atoms with Crippen molar-refractivity contribution in [3.05, 3.63) is 23.8 Å². The van der Waals surface area contributed by atoms with Gasteiger partial charge in [0.05, 0.1) is 6.04 Å². The summed E-state index contributed by atoms with van der Waals surface area (Å²) in [5.74, 6) is 0.786. The van der Waals surface area contributed by atoms with Gasteiger partial charge in [-0.3, -0.25) is 4.79 Å². The van der Waals surface area contributed by atoms with Crippen molar-refractivity contribution >= 4 is 18.2 Å². The molecule has 4 nitrogen and oxygen atoms in total. The molecule has 0 amide bonds. The summed E-state index contributed by atoms with van der Waals surface area (Å²) in [5, 5.41) is 2.26. The lowest BCUT2D eigenvalue weighted by Gasteiger charge is -2.09. The molecule has 1 N–H and O–H groups in total. The highest BCUT2D eigenvalue weighted by molar-refractivity contribution is 6.00. The maximum absolute atomic E-state index is 12.0. The molecule has 1 aliphatic heterocycles. The fraction of sp³-hybridized carbons (Fsp3) is 0.364. The van der Waals surface area contributed by atoms with Gasteiger partial charge in [-0.05, 0) is 32.1 Å². The summed E-state index contributed by atoms with van der Waals surface area (Å²) in [5.41, 5.74) is 0.392. The number of carbonyl (C=O) groups is 1. The third-order valence-corrected chi connectivity index (χ3v) is 2.27. The van der Waals surface area contributed by atoms with Crippen LogP contribution in [0.5, 0.6) is 11.5 Å². The summed E-state index contributed by atoms with van der Waals surface area (Å²) in [6.07, 6.45) is 0. The number of nitrogens with one attached hydrogen (secondary N) is 1. The lowest BCUT2D eigenvalue weighted by Crippen LogP contribution is -2.30. The van der Waals surface area contributed by atoms with E-state index in [4.69, 9.17) is 13.6 Å². The average molecular weight is 248 g/mol. The van der Waals surface area contributed by atoms with Crippen LogP contribution in [0.1, 0.15) is 21.4 Å². The van der Waals surface area contributed by atoms with Crippen molar-refractivity contribution in [3.63, 3.8) is 0 Å². The van der Waals surface area contributed by atoms with Crippen molar-refractivity contribution in [2.75, 3.05) is 13.8 Å². The van der Waals surface area contributed by atoms with Crippen LogP contribution in [0.4, 0.5) is 0 Å². The number of hydrogen-bond donors (Lipinski definition) is 1. The van der Waals surface area contributed by atoms with E-state index in [0.717, 1.165) is 0 Å². The summed E-state index contributed by atoms with van der Waals surface area (Å²) >= 11 is 0. The monoisotopic (exact) mass is 247 g/mol. The van der Waals surface area contributed by atoms with Gasteiger partial charge in [0.1, 0.15) is 0 Å². The van der Waals surface area contributed by atoms with E-state index in [9.17, 15) is 4.79 Å². The predicted molar refractivity (Wildman–Crippen MR) is 62.7 cm³/mol. The standard InChI is InChI=1S/C11H13NO3.ClH/c1-7(12-2)11(13)8-3-4-9-10(5-8)15-6-14-9;/h3-5,7,12H,6H2,1-2H3;1H/i2+1D3;. The molecule has 0 saturated carbocycles. The number of fused-ring (bicyclic) bond motifs is 1. The molecular weight excluding hydrogens is 231 g/mol. The van der Waals surface area contributed by atoms with E-state index >= 15 is 0 Å². The van der Waals surface area contributed by atoms with Gasteiger partial charge in [0.2, 0.25) is 6.79 Å². The van der Waals surface area contributed by atoms with Gasteiger partial charge in [-0.25, -0.2) is 0 Å². The normalized spacial score (nSPS) is 17.7. The number of hydrogen-bond acceptors (Lipinski definition) is 4. The highest BCUT2D eigenvalue weighted by atomic mass is 35.5. The summed E-state index contributed by atoms with van der Waals surface area (Å²) in [4.78, 5) is 12.0. The SMILES string of the molecule is Cl.[2H][13C]([2H])([2H])NC(C)C(=O)c1ccc2c(c1)OCO2. The summed E-state index contributed by atoms with van der Waals surface area (Å²) in [6, 6.07) is 3.99. The van der Waals surface area contributed by atoms with Crippen LogP contribution in [-0.4, -0.2) is 25.6 Å². The molecule has 5 heteroatoms. The molecule has 0 radical (unpaired) electrons. The van der Waals surface area contributed by atoms with Gasteiger partial charge in [-0.1, -0.05) is 0 Å². The molecule has 88 valence electrons. The molecule has 0 spiro atoms. The second kappa shape index (κ2) is 5.18. The minimum Gasteiger partial charge on any atom is -0.454 e. The molecule has 1 aromatic rings. The highest BCUT2D eigenvalue weighted by Crippen LogP contribution is 2.32. The first-order chi connectivity index (χ1) is 8.37. The van der Waals surface area contributed by atoms with Crippen LogP contribution in [0.15, 0.2) is 18.2 Å². The van der Waals surface area contributed by atoms with Gasteiger partial charge in [-0.15, -0.1) is 12.4 Å². The summed E-state index contributed by atoms with van der Waals surface area (Å²) in [7, 11) is 0. The first-order valence-corrected chi connectivity index (χ1v) is 4.58. The molecule has 1 atom stereocenters. The van der Waals surface area contributed by atoms with E-state index in [1.54, 1.807) is 18.2 Å². The smallest absolute Gasteiger partial charge is 0.231 e. The predicted octanol–water partition coefficient (Wildman–Crippen LogP) is 1.63. The minimum atomic E-state index is -2.34. The molecule has 16 heavy (non-hydrogen) atoms. The number of rotatable bonds is 3. The van der Waals surface area contributed by atoms with E-state index in [1.807, 2.05) is 0 Å². The lowest BCUT2D eigenvalue weighted by molar-refractivity contribution is 0.0954. The zero-order chi connectivity index (χ0) is 13.3. The van der Waals surface area contributed by atoms with Crippen LogP contribution < -0.4 is 14.8 Å². The Morgan fingerprint density at radius 3 is 3.00 bits per heavy atom. The van der Waals surface area contributed by atoms with Crippen molar-refractivity contribution in [3.8, 4) is 11.5 Å². The number of likely N-dealkylation sites (N-methyl/N-ethyl adjacent to an activating group) is 1. The maximum Gasteiger partial charge on any atom is 0.231 e. The second-order valence-electron chi connectivity index (χ2n) is 3.30. The Kier molecular flexibility index (Phi) is 2.87. The number of ketones is 1. The van der Waals surface area contributed by atoms with Gasteiger partial charge in [0.25, 0.3) is 0 Å².